The normalized spacial score (nSPS) is 13.5. The lowest BCUT2D eigenvalue weighted by Gasteiger charge is -2.35. The smallest absolute Gasteiger partial charge is 0.274 e. The Morgan fingerprint density at radius 1 is 0.971 bits per heavy atom. The third kappa shape index (κ3) is 5.83. The van der Waals surface area contributed by atoms with Gasteiger partial charge >= 0.3 is 0 Å². The van der Waals surface area contributed by atoms with Crippen LogP contribution in [0.25, 0.3) is 11.4 Å². The first-order chi connectivity index (χ1) is 16.5. The summed E-state index contributed by atoms with van der Waals surface area (Å²) in [5.41, 5.74) is 2.06. The number of aromatic nitrogens is 4. The van der Waals surface area contributed by atoms with Crippen molar-refractivity contribution in [3.8, 4) is 11.4 Å². The van der Waals surface area contributed by atoms with Crippen LogP contribution in [0.15, 0.2) is 48.8 Å². The minimum atomic E-state index is -0.111. The minimum Gasteiger partial charge on any atom is -0.368 e. The molecule has 1 aromatic carbocycles. The van der Waals surface area contributed by atoms with Crippen molar-refractivity contribution in [3.63, 3.8) is 0 Å². The van der Waals surface area contributed by atoms with Crippen molar-refractivity contribution < 1.29 is 9.59 Å². The molecule has 10 heteroatoms. The molecule has 0 aliphatic carbocycles. The summed E-state index contributed by atoms with van der Waals surface area (Å²) in [7, 11) is 0. The Labute approximate surface area is 198 Å². The quantitative estimate of drug-likeness (QED) is 0.513. The molecule has 4 rings (SSSR count). The lowest BCUT2D eigenvalue weighted by molar-refractivity contribution is -0.118. The number of anilines is 2. The van der Waals surface area contributed by atoms with Crippen LogP contribution < -0.4 is 15.5 Å². The Hall–Kier alpha value is -4.08. The van der Waals surface area contributed by atoms with E-state index >= 15 is 0 Å². The van der Waals surface area contributed by atoms with Crippen molar-refractivity contribution in [1.29, 1.82) is 0 Å². The van der Waals surface area contributed by atoms with Crippen molar-refractivity contribution >= 4 is 23.5 Å². The van der Waals surface area contributed by atoms with Gasteiger partial charge in [0.1, 0.15) is 17.3 Å². The number of rotatable bonds is 7. The summed E-state index contributed by atoms with van der Waals surface area (Å²) in [4.78, 5) is 45.7. The van der Waals surface area contributed by atoms with Crippen molar-refractivity contribution in [3.05, 3.63) is 60.2 Å². The summed E-state index contributed by atoms with van der Waals surface area (Å²) in [6.07, 6.45) is 3.13. The van der Waals surface area contributed by atoms with Gasteiger partial charge in [-0.05, 0) is 6.92 Å². The first-order valence-corrected chi connectivity index (χ1v) is 11.3. The maximum absolute atomic E-state index is 12.8. The van der Waals surface area contributed by atoms with E-state index in [-0.39, 0.29) is 11.8 Å². The van der Waals surface area contributed by atoms with Crippen LogP contribution in [0, 0.1) is 6.92 Å². The number of piperazine rings is 1. The second-order valence-corrected chi connectivity index (χ2v) is 8.03. The van der Waals surface area contributed by atoms with Crippen LogP contribution in [-0.2, 0) is 4.79 Å². The van der Waals surface area contributed by atoms with Crippen molar-refractivity contribution in [1.82, 2.24) is 30.2 Å². The van der Waals surface area contributed by atoms with E-state index in [1.807, 2.05) is 43.3 Å². The SMILES string of the molecule is CC(=O)NCCNc1cc(N2CCN(C(=O)c3cnc(C)cn3)CC2)nc(-c2ccccc2)n1. The monoisotopic (exact) mass is 460 g/mol. The molecule has 3 aromatic rings. The van der Waals surface area contributed by atoms with Crippen LogP contribution in [0.4, 0.5) is 11.6 Å². The minimum absolute atomic E-state index is 0.0702. The fourth-order valence-corrected chi connectivity index (χ4v) is 3.64. The summed E-state index contributed by atoms with van der Waals surface area (Å²) in [6, 6.07) is 11.7. The lowest BCUT2D eigenvalue weighted by atomic mass is 10.2. The predicted octanol–water partition coefficient (Wildman–Crippen LogP) is 1.75. The average Bonchev–Trinajstić information content (AvgIpc) is 2.87. The van der Waals surface area contributed by atoms with E-state index in [9.17, 15) is 9.59 Å². The van der Waals surface area contributed by atoms with E-state index in [4.69, 9.17) is 4.98 Å². The Balaban J connectivity index is 1.48. The first kappa shape index (κ1) is 23.1. The van der Waals surface area contributed by atoms with Gasteiger partial charge in [0.2, 0.25) is 5.91 Å². The third-order valence-corrected chi connectivity index (χ3v) is 5.44. The zero-order chi connectivity index (χ0) is 23.9. The number of hydrogen-bond donors (Lipinski definition) is 2. The maximum atomic E-state index is 12.8. The fourth-order valence-electron chi connectivity index (χ4n) is 3.64. The summed E-state index contributed by atoms with van der Waals surface area (Å²) in [5.74, 6) is 1.91. The van der Waals surface area contributed by atoms with Gasteiger partial charge in [-0.25, -0.2) is 15.0 Å². The molecule has 1 saturated heterocycles. The van der Waals surface area contributed by atoms with Crippen LogP contribution in [0.1, 0.15) is 23.1 Å². The van der Waals surface area contributed by atoms with E-state index in [1.165, 1.54) is 13.1 Å². The van der Waals surface area contributed by atoms with Gasteiger partial charge in [0.15, 0.2) is 5.82 Å². The molecule has 0 atom stereocenters. The molecule has 176 valence electrons. The third-order valence-electron chi connectivity index (χ3n) is 5.44. The predicted molar refractivity (Wildman–Crippen MR) is 130 cm³/mol. The average molecular weight is 461 g/mol. The molecule has 2 N–H and O–H groups in total. The van der Waals surface area contributed by atoms with E-state index in [2.05, 4.69) is 30.5 Å². The summed E-state index contributed by atoms with van der Waals surface area (Å²) in [6.45, 7) is 6.78. The second kappa shape index (κ2) is 10.7. The number of amides is 2. The Kier molecular flexibility index (Phi) is 7.26. The number of nitrogens with one attached hydrogen (secondary N) is 2. The molecule has 2 aromatic heterocycles. The van der Waals surface area contributed by atoms with Crippen LogP contribution in [0.2, 0.25) is 0 Å². The van der Waals surface area contributed by atoms with Gasteiger partial charge in [-0.1, -0.05) is 30.3 Å². The number of benzene rings is 1. The van der Waals surface area contributed by atoms with E-state index in [0.717, 1.165) is 17.1 Å². The topological polar surface area (TPSA) is 116 Å². The molecule has 0 spiro atoms. The number of nitrogens with zero attached hydrogens (tertiary/aromatic N) is 6. The molecule has 1 aliphatic rings. The van der Waals surface area contributed by atoms with Gasteiger partial charge < -0.3 is 20.4 Å². The lowest BCUT2D eigenvalue weighted by Crippen LogP contribution is -2.49. The fraction of sp³-hybridized carbons (Fsp3) is 0.333. The maximum Gasteiger partial charge on any atom is 0.274 e. The molecule has 3 heterocycles. The first-order valence-electron chi connectivity index (χ1n) is 11.3. The standard InChI is InChI=1S/C24H28N8O2/c1-17-15-28-20(16-27-17)24(34)32-12-10-31(11-13-32)22-14-21(26-9-8-25-18(2)33)29-23(30-22)19-6-4-3-5-7-19/h3-7,14-16H,8-13H2,1-2H3,(H,25,33)(H,26,29,30). The molecule has 34 heavy (non-hydrogen) atoms. The Bertz CT molecular complexity index is 1130. The van der Waals surface area contributed by atoms with Crippen LogP contribution in [0.5, 0.6) is 0 Å². The van der Waals surface area contributed by atoms with Gasteiger partial charge in [0.25, 0.3) is 5.91 Å². The van der Waals surface area contributed by atoms with Crippen LogP contribution in [-0.4, -0.2) is 75.9 Å². The molecule has 0 radical (unpaired) electrons. The highest BCUT2D eigenvalue weighted by molar-refractivity contribution is 5.92. The molecule has 0 bridgehead atoms. The highest BCUT2D eigenvalue weighted by Gasteiger charge is 2.24. The highest BCUT2D eigenvalue weighted by Crippen LogP contribution is 2.23. The van der Waals surface area contributed by atoms with Crippen LogP contribution >= 0.6 is 0 Å². The van der Waals surface area contributed by atoms with Gasteiger partial charge in [-0.3, -0.25) is 14.6 Å². The van der Waals surface area contributed by atoms with E-state index in [1.54, 1.807) is 11.1 Å². The molecule has 0 saturated carbocycles. The van der Waals surface area contributed by atoms with Crippen molar-refractivity contribution in [2.24, 2.45) is 0 Å². The largest absolute Gasteiger partial charge is 0.368 e. The molecule has 1 aliphatic heterocycles. The summed E-state index contributed by atoms with van der Waals surface area (Å²) >= 11 is 0. The van der Waals surface area contributed by atoms with Gasteiger partial charge in [0, 0.05) is 64.0 Å². The molecule has 10 nitrogen and oxygen atoms in total. The number of aryl methyl sites for hydroxylation is 1. The summed E-state index contributed by atoms with van der Waals surface area (Å²) in [5, 5.41) is 6.04. The van der Waals surface area contributed by atoms with E-state index in [0.29, 0.717) is 56.6 Å². The van der Waals surface area contributed by atoms with Gasteiger partial charge in [0.05, 0.1) is 11.9 Å². The number of hydrogen-bond acceptors (Lipinski definition) is 8. The number of carbonyl (C=O) groups is 2. The van der Waals surface area contributed by atoms with Gasteiger partial charge in [-0.15, -0.1) is 0 Å². The van der Waals surface area contributed by atoms with E-state index < -0.39 is 0 Å². The van der Waals surface area contributed by atoms with Gasteiger partial charge in [-0.2, -0.15) is 0 Å². The molecular formula is C24H28N8O2. The molecule has 2 amide bonds. The van der Waals surface area contributed by atoms with Crippen LogP contribution in [0.3, 0.4) is 0 Å². The zero-order valence-electron chi connectivity index (χ0n) is 19.4. The highest BCUT2D eigenvalue weighted by atomic mass is 16.2. The molecular weight excluding hydrogens is 432 g/mol. The number of carbonyl (C=O) groups excluding carboxylic acids is 2. The van der Waals surface area contributed by atoms with Crippen molar-refractivity contribution in [2.75, 3.05) is 49.5 Å². The second-order valence-electron chi connectivity index (χ2n) is 8.03. The zero-order valence-corrected chi connectivity index (χ0v) is 19.4. The Morgan fingerprint density at radius 3 is 2.41 bits per heavy atom. The molecule has 0 unspecified atom stereocenters. The molecule has 1 fully saturated rings. The van der Waals surface area contributed by atoms with Crippen molar-refractivity contribution in [2.45, 2.75) is 13.8 Å². The summed E-state index contributed by atoms with van der Waals surface area (Å²) < 4.78 is 0. The Morgan fingerprint density at radius 2 is 1.74 bits per heavy atom.